The van der Waals surface area contributed by atoms with Gasteiger partial charge in [-0.1, -0.05) is 18.2 Å². The summed E-state index contributed by atoms with van der Waals surface area (Å²) in [4.78, 5) is 0. The van der Waals surface area contributed by atoms with Crippen LogP contribution in [0.4, 0.5) is 13.2 Å². The van der Waals surface area contributed by atoms with Crippen LogP contribution in [0.3, 0.4) is 0 Å². The van der Waals surface area contributed by atoms with Crippen molar-refractivity contribution in [3.63, 3.8) is 0 Å². The Balaban J connectivity index is 3.14. The summed E-state index contributed by atoms with van der Waals surface area (Å²) < 4.78 is 38.0. The standard InChI is InChI=1S/C10H10F3N3S/c1-6(15-16-9(14)17)7-4-2-3-5-8(7)10(11,12)13/h2-5H,1H3,(H3,14,16,17). The first-order valence-electron chi connectivity index (χ1n) is 4.58. The van der Waals surface area contributed by atoms with Crippen molar-refractivity contribution in [2.45, 2.75) is 13.1 Å². The highest BCUT2D eigenvalue weighted by molar-refractivity contribution is 7.80. The van der Waals surface area contributed by atoms with Gasteiger partial charge in [-0.3, -0.25) is 5.43 Å². The average molecular weight is 261 g/mol. The molecule has 0 spiro atoms. The molecule has 92 valence electrons. The van der Waals surface area contributed by atoms with Crippen LogP contribution in [0.5, 0.6) is 0 Å². The molecule has 0 heterocycles. The lowest BCUT2D eigenvalue weighted by atomic mass is 10.0. The van der Waals surface area contributed by atoms with Gasteiger partial charge in [0.1, 0.15) is 0 Å². The minimum absolute atomic E-state index is 0.0104. The summed E-state index contributed by atoms with van der Waals surface area (Å²) in [6.07, 6.45) is -4.42. The van der Waals surface area contributed by atoms with Crippen LogP contribution in [0.2, 0.25) is 0 Å². The molecular formula is C10H10F3N3S. The van der Waals surface area contributed by atoms with Gasteiger partial charge in [-0.2, -0.15) is 18.3 Å². The minimum Gasteiger partial charge on any atom is -0.375 e. The van der Waals surface area contributed by atoms with Crippen molar-refractivity contribution >= 4 is 23.0 Å². The Morgan fingerprint density at radius 1 is 1.35 bits per heavy atom. The van der Waals surface area contributed by atoms with Crippen LogP contribution in [-0.2, 0) is 6.18 Å². The third-order valence-corrected chi connectivity index (χ3v) is 2.05. The molecule has 0 fully saturated rings. The molecular weight excluding hydrogens is 251 g/mol. The van der Waals surface area contributed by atoms with Crippen LogP contribution in [0.1, 0.15) is 18.1 Å². The Kier molecular flexibility index (Phi) is 4.06. The van der Waals surface area contributed by atoms with Crippen LogP contribution in [-0.4, -0.2) is 10.8 Å². The van der Waals surface area contributed by atoms with Gasteiger partial charge in [0, 0.05) is 5.56 Å². The second-order valence-corrected chi connectivity index (χ2v) is 3.66. The van der Waals surface area contributed by atoms with E-state index in [2.05, 4.69) is 22.7 Å². The molecule has 0 aliphatic rings. The quantitative estimate of drug-likeness (QED) is 0.488. The van der Waals surface area contributed by atoms with E-state index in [1.54, 1.807) is 0 Å². The van der Waals surface area contributed by atoms with Crippen LogP contribution >= 0.6 is 12.2 Å². The summed E-state index contributed by atoms with van der Waals surface area (Å²) in [5.41, 5.74) is 6.79. The lowest BCUT2D eigenvalue weighted by Crippen LogP contribution is -2.25. The van der Waals surface area contributed by atoms with Crippen LogP contribution in [0.15, 0.2) is 29.4 Å². The van der Waals surface area contributed by atoms with E-state index in [1.165, 1.54) is 25.1 Å². The molecule has 1 aromatic carbocycles. The third-order valence-electron chi connectivity index (χ3n) is 1.96. The van der Waals surface area contributed by atoms with Crippen LogP contribution < -0.4 is 11.2 Å². The molecule has 0 aromatic heterocycles. The van der Waals surface area contributed by atoms with Gasteiger partial charge < -0.3 is 5.73 Å². The molecule has 3 nitrogen and oxygen atoms in total. The van der Waals surface area contributed by atoms with Crippen LogP contribution in [0, 0.1) is 0 Å². The second-order valence-electron chi connectivity index (χ2n) is 3.22. The summed E-state index contributed by atoms with van der Waals surface area (Å²) in [5, 5.41) is 3.57. The Hall–Kier alpha value is -1.63. The number of rotatable bonds is 2. The van der Waals surface area contributed by atoms with Gasteiger partial charge in [-0.15, -0.1) is 0 Å². The summed E-state index contributed by atoms with van der Waals surface area (Å²) in [6, 6.07) is 5.16. The Labute approximate surface area is 102 Å². The van der Waals surface area contributed by atoms with E-state index in [0.717, 1.165) is 6.07 Å². The molecule has 17 heavy (non-hydrogen) atoms. The van der Waals surface area contributed by atoms with Gasteiger partial charge in [-0.25, -0.2) is 0 Å². The molecule has 1 rings (SSSR count). The van der Waals surface area contributed by atoms with E-state index in [9.17, 15) is 13.2 Å². The van der Waals surface area contributed by atoms with E-state index >= 15 is 0 Å². The average Bonchev–Trinajstić information content (AvgIpc) is 2.24. The molecule has 0 aliphatic carbocycles. The zero-order valence-corrected chi connectivity index (χ0v) is 9.69. The number of thiocarbonyl (C=S) groups is 1. The van der Waals surface area contributed by atoms with Crippen LogP contribution in [0.25, 0.3) is 0 Å². The monoisotopic (exact) mass is 261 g/mol. The fraction of sp³-hybridized carbons (Fsp3) is 0.200. The van der Waals surface area contributed by atoms with E-state index in [0.29, 0.717) is 0 Å². The molecule has 7 heteroatoms. The predicted molar refractivity (Wildman–Crippen MR) is 63.6 cm³/mol. The zero-order valence-electron chi connectivity index (χ0n) is 8.88. The Morgan fingerprint density at radius 3 is 2.47 bits per heavy atom. The Morgan fingerprint density at radius 2 is 1.94 bits per heavy atom. The summed E-state index contributed by atoms with van der Waals surface area (Å²) in [7, 11) is 0. The van der Waals surface area contributed by atoms with Crippen molar-refractivity contribution in [2.24, 2.45) is 10.8 Å². The van der Waals surface area contributed by atoms with Gasteiger partial charge in [-0.05, 0) is 25.2 Å². The highest BCUT2D eigenvalue weighted by atomic mass is 32.1. The molecule has 0 atom stereocenters. The minimum atomic E-state index is -4.42. The number of hydrogen-bond donors (Lipinski definition) is 2. The number of hydrogen-bond acceptors (Lipinski definition) is 2. The highest BCUT2D eigenvalue weighted by Gasteiger charge is 2.33. The zero-order chi connectivity index (χ0) is 13.1. The van der Waals surface area contributed by atoms with Crippen molar-refractivity contribution in [3.8, 4) is 0 Å². The maximum atomic E-state index is 12.7. The van der Waals surface area contributed by atoms with Gasteiger partial charge in [0.15, 0.2) is 5.11 Å². The summed E-state index contributed by atoms with van der Waals surface area (Å²) in [6.45, 7) is 1.44. The Bertz CT molecular complexity index is 454. The first-order chi connectivity index (χ1) is 7.82. The number of benzene rings is 1. The normalized spacial score (nSPS) is 12.4. The fourth-order valence-corrected chi connectivity index (χ4v) is 1.29. The molecule has 3 N–H and O–H groups in total. The van der Waals surface area contributed by atoms with Crippen molar-refractivity contribution in [2.75, 3.05) is 0 Å². The molecule has 0 saturated heterocycles. The molecule has 0 amide bonds. The van der Waals surface area contributed by atoms with E-state index < -0.39 is 11.7 Å². The summed E-state index contributed by atoms with van der Waals surface area (Å²) >= 11 is 4.51. The number of nitrogens with zero attached hydrogens (tertiary/aromatic N) is 1. The smallest absolute Gasteiger partial charge is 0.375 e. The maximum Gasteiger partial charge on any atom is 0.417 e. The largest absolute Gasteiger partial charge is 0.417 e. The first kappa shape index (κ1) is 13.4. The molecule has 0 aliphatic heterocycles. The number of hydrazone groups is 1. The van der Waals surface area contributed by atoms with Crippen molar-refractivity contribution in [3.05, 3.63) is 35.4 Å². The van der Waals surface area contributed by atoms with Crippen molar-refractivity contribution in [1.82, 2.24) is 5.43 Å². The van der Waals surface area contributed by atoms with Crippen molar-refractivity contribution in [1.29, 1.82) is 0 Å². The van der Waals surface area contributed by atoms with Gasteiger partial charge in [0.25, 0.3) is 0 Å². The molecule has 0 bridgehead atoms. The summed E-state index contributed by atoms with van der Waals surface area (Å²) in [5.74, 6) is 0. The number of nitrogens with two attached hydrogens (primary N) is 1. The highest BCUT2D eigenvalue weighted by Crippen LogP contribution is 2.31. The number of nitrogens with one attached hydrogen (secondary N) is 1. The van der Waals surface area contributed by atoms with E-state index in [4.69, 9.17) is 5.73 Å². The number of alkyl halides is 3. The lowest BCUT2D eigenvalue weighted by Gasteiger charge is -2.12. The molecule has 0 radical (unpaired) electrons. The molecule has 0 saturated carbocycles. The first-order valence-corrected chi connectivity index (χ1v) is 4.99. The third kappa shape index (κ3) is 3.70. The van der Waals surface area contributed by atoms with E-state index in [-0.39, 0.29) is 16.4 Å². The van der Waals surface area contributed by atoms with Gasteiger partial charge in [0.2, 0.25) is 0 Å². The SMILES string of the molecule is CC(=NNC(N)=S)c1ccccc1C(F)(F)F. The fourth-order valence-electron chi connectivity index (χ4n) is 1.24. The predicted octanol–water partition coefficient (Wildman–Crippen LogP) is 2.26. The maximum absolute atomic E-state index is 12.7. The second kappa shape index (κ2) is 5.13. The van der Waals surface area contributed by atoms with Gasteiger partial charge >= 0.3 is 6.18 Å². The topological polar surface area (TPSA) is 50.4 Å². The number of halogens is 3. The van der Waals surface area contributed by atoms with Crippen molar-refractivity contribution < 1.29 is 13.2 Å². The molecule has 1 aromatic rings. The molecule has 0 unspecified atom stereocenters. The van der Waals surface area contributed by atoms with Gasteiger partial charge in [0.05, 0.1) is 11.3 Å². The van der Waals surface area contributed by atoms with E-state index in [1.807, 2.05) is 0 Å². The lowest BCUT2D eigenvalue weighted by molar-refractivity contribution is -0.137.